The Morgan fingerprint density at radius 3 is 2.82 bits per heavy atom. The topological polar surface area (TPSA) is 55.1 Å². The molecule has 0 aliphatic carbocycles. The van der Waals surface area contributed by atoms with Gasteiger partial charge in [0.25, 0.3) is 0 Å². The summed E-state index contributed by atoms with van der Waals surface area (Å²) < 4.78 is 0. The van der Waals surface area contributed by atoms with E-state index in [1.54, 1.807) is 12.1 Å². The van der Waals surface area contributed by atoms with Gasteiger partial charge in [-0.3, -0.25) is 4.79 Å². The van der Waals surface area contributed by atoms with E-state index in [4.69, 9.17) is 17.3 Å². The zero-order valence-electron chi connectivity index (χ0n) is 9.82. The van der Waals surface area contributed by atoms with Gasteiger partial charge in [-0.05, 0) is 25.0 Å². The maximum Gasteiger partial charge on any atom is 0.237 e. The molecule has 1 aromatic carbocycles. The maximum absolute atomic E-state index is 11.7. The van der Waals surface area contributed by atoms with Crippen molar-refractivity contribution in [3.8, 4) is 0 Å². The molecular weight excluding hydrogens is 236 g/mol. The summed E-state index contributed by atoms with van der Waals surface area (Å²) >= 11 is 6.04. The molecule has 2 unspecified atom stereocenters. The highest BCUT2D eigenvalue weighted by atomic mass is 35.5. The van der Waals surface area contributed by atoms with Crippen LogP contribution in [0.1, 0.15) is 24.9 Å². The van der Waals surface area contributed by atoms with Crippen LogP contribution in [-0.2, 0) is 4.79 Å². The highest BCUT2D eigenvalue weighted by Gasteiger charge is 2.16. The molecule has 0 spiro atoms. The third-order valence-electron chi connectivity index (χ3n) is 2.49. The summed E-state index contributed by atoms with van der Waals surface area (Å²) in [5, 5.41) is 3.46. The van der Waals surface area contributed by atoms with Gasteiger partial charge in [-0.25, -0.2) is 0 Å². The summed E-state index contributed by atoms with van der Waals surface area (Å²) in [5.74, 6) is -0.197. The van der Waals surface area contributed by atoms with Crippen LogP contribution < -0.4 is 11.1 Å². The average molecular weight is 253 g/mol. The Balaban J connectivity index is 2.66. The minimum absolute atomic E-state index is 0.160. The molecule has 3 nitrogen and oxygen atoms in total. The molecule has 0 saturated heterocycles. The molecule has 0 radical (unpaired) electrons. The van der Waals surface area contributed by atoms with Gasteiger partial charge in [-0.2, -0.15) is 0 Å². The summed E-state index contributed by atoms with van der Waals surface area (Å²) in [6.45, 7) is 5.43. The molecule has 3 N–H and O–H groups in total. The molecule has 0 aliphatic heterocycles. The van der Waals surface area contributed by atoms with Gasteiger partial charge in [0, 0.05) is 5.02 Å². The summed E-state index contributed by atoms with van der Waals surface area (Å²) in [7, 11) is 0. The van der Waals surface area contributed by atoms with Crippen LogP contribution in [0, 0.1) is 0 Å². The van der Waals surface area contributed by atoms with Gasteiger partial charge in [-0.15, -0.1) is 6.58 Å². The lowest BCUT2D eigenvalue weighted by atomic mass is 10.1. The van der Waals surface area contributed by atoms with Crippen molar-refractivity contribution >= 4 is 17.5 Å². The molecular formula is C13H17ClN2O. The molecule has 0 heterocycles. The van der Waals surface area contributed by atoms with Gasteiger partial charge in [0.1, 0.15) is 0 Å². The van der Waals surface area contributed by atoms with Gasteiger partial charge in [0.15, 0.2) is 0 Å². The molecule has 1 aromatic rings. The monoisotopic (exact) mass is 252 g/mol. The van der Waals surface area contributed by atoms with Gasteiger partial charge >= 0.3 is 0 Å². The van der Waals surface area contributed by atoms with Crippen molar-refractivity contribution in [3.63, 3.8) is 0 Å². The van der Waals surface area contributed by atoms with Crippen LogP contribution in [-0.4, -0.2) is 11.9 Å². The van der Waals surface area contributed by atoms with Crippen LogP contribution >= 0.6 is 11.6 Å². The Kier molecular flexibility index (Phi) is 5.19. The second kappa shape index (κ2) is 6.42. The molecule has 1 amide bonds. The number of benzene rings is 1. The van der Waals surface area contributed by atoms with Crippen molar-refractivity contribution in [2.45, 2.75) is 25.4 Å². The predicted octanol–water partition coefficient (Wildman–Crippen LogP) is 2.42. The van der Waals surface area contributed by atoms with Crippen molar-refractivity contribution in [2.75, 3.05) is 0 Å². The number of hydrogen-bond acceptors (Lipinski definition) is 2. The molecule has 92 valence electrons. The Morgan fingerprint density at radius 1 is 1.59 bits per heavy atom. The molecule has 17 heavy (non-hydrogen) atoms. The van der Waals surface area contributed by atoms with Crippen LogP contribution in [0.4, 0.5) is 0 Å². The summed E-state index contributed by atoms with van der Waals surface area (Å²) in [4.78, 5) is 11.7. The molecule has 0 aromatic heterocycles. The molecule has 0 aliphatic rings. The highest BCUT2D eigenvalue weighted by Crippen LogP contribution is 2.22. The molecule has 0 fully saturated rings. The molecule has 1 rings (SSSR count). The second-order valence-corrected chi connectivity index (χ2v) is 4.29. The van der Waals surface area contributed by atoms with E-state index in [9.17, 15) is 4.79 Å². The number of carbonyl (C=O) groups is 1. The van der Waals surface area contributed by atoms with Crippen molar-refractivity contribution < 1.29 is 4.79 Å². The van der Waals surface area contributed by atoms with Gasteiger partial charge in [0.2, 0.25) is 5.91 Å². The van der Waals surface area contributed by atoms with Crippen molar-refractivity contribution in [1.82, 2.24) is 5.32 Å². The third-order valence-corrected chi connectivity index (χ3v) is 2.83. The van der Waals surface area contributed by atoms with E-state index in [1.807, 2.05) is 25.1 Å². The van der Waals surface area contributed by atoms with Gasteiger partial charge < -0.3 is 11.1 Å². The summed E-state index contributed by atoms with van der Waals surface area (Å²) in [6, 6.07) is 6.69. The molecule has 4 heteroatoms. The maximum atomic E-state index is 11.7. The third kappa shape index (κ3) is 3.88. The van der Waals surface area contributed by atoms with Crippen LogP contribution in [0.5, 0.6) is 0 Å². The first-order valence-corrected chi connectivity index (χ1v) is 5.85. The normalized spacial score (nSPS) is 13.8. The van der Waals surface area contributed by atoms with Crippen molar-refractivity contribution in [2.24, 2.45) is 5.73 Å². The van der Waals surface area contributed by atoms with Crippen LogP contribution in [0.15, 0.2) is 36.9 Å². The van der Waals surface area contributed by atoms with Crippen molar-refractivity contribution in [3.05, 3.63) is 47.5 Å². The Bertz CT molecular complexity index is 406. The largest absolute Gasteiger partial charge is 0.348 e. The second-order valence-electron chi connectivity index (χ2n) is 3.88. The van der Waals surface area contributed by atoms with E-state index in [-0.39, 0.29) is 11.9 Å². The van der Waals surface area contributed by atoms with E-state index >= 15 is 0 Å². The number of hydrogen-bond donors (Lipinski definition) is 2. The van der Waals surface area contributed by atoms with Crippen molar-refractivity contribution in [1.29, 1.82) is 0 Å². The van der Waals surface area contributed by atoms with E-state index < -0.39 is 6.04 Å². The number of nitrogens with two attached hydrogens (primary N) is 1. The quantitative estimate of drug-likeness (QED) is 0.791. The standard InChI is InChI=1S/C13H17ClN2O/c1-3-6-12(15)13(17)16-9(2)10-7-4-5-8-11(10)14/h3-5,7-9,12H,1,6,15H2,2H3,(H,16,17). The SMILES string of the molecule is C=CCC(N)C(=O)NC(C)c1ccccc1Cl. The number of carbonyl (C=O) groups excluding carboxylic acids is 1. The van der Waals surface area contributed by atoms with Gasteiger partial charge in [-0.1, -0.05) is 35.9 Å². The molecule has 0 saturated carbocycles. The fourth-order valence-corrected chi connectivity index (χ4v) is 1.81. The fraction of sp³-hybridized carbons (Fsp3) is 0.308. The van der Waals surface area contributed by atoms with E-state index in [2.05, 4.69) is 11.9 Å². The minimum Gasteiger partial charge on any atom is -0.348 e. The van der Waals surface area contributed by atoms with Crippen LogP contribution in [0.25, 0.3) is 0 Å². The molecule has 2 atom stereocenters. The van der Waals surface area contributed by atoms with Crippen LogP contribution in [0.2, 0.25) is 5.02 Å². The fourth-order valence-electron chi connectivity index (χ4n) is 1.51. The van der Waals surface area contributed by atoms with Gasteiger partial charge in [0.05, 0.1) is 12.1 Å². The Labute approximate surface area is 107 Å². The van der Waals surface area contributed by atoms with E-state index in [0.717, 1.165) is 5.56 Å². The van der Waals surface area contributed by atoms with Crippen LogP contribution in [0.3, 0.4) is 0 Å². The van der Waals surface area contributed by atoms with E-state index in [0.29, 0.717) is 11.4 Å². The Hall–Kier alpha value is -1.32. The first-order valence-electron chi connectivity index (χ1n) is 5.47. The average Bonchev–Trinajstić information content (AvgIpc) is 2.29. The lowest BCUT2D eigenvalue weighted by molar-refractivity contribution is -0.122. The Morgan fingerprint density at radius 2 is 2.24 bits per heavy atom. The number of nitrogens with one attached hydrogen (secondary N) is 1. The first kappa shape index (κ1) is 13.7. The van der Waals surface area contributed by atoms with E-state index in [1.165, 1.54) is 0 Å². The number of amides is 1. The smallest absolute Gasteiger partial charge is 0.237 e. The zero-order chi connectivity index (χ0) is 12.8. The highest BCUT2D eigenvalue weighted by molar-refractivity contribution is 6.31. The summed E-state index contributed by atoms with van der Waals surface area (Å²) in [6.07, 6.45) is 2.09. The first-order chi connectivity index (χ1) is 8.06. The number of halogens is 1. The minimum atomic E-state index is -0.558. The lowest BCUT2D eigenvalue weighted by Crippen LogP contribution is -2.41. The lowest BCUT2D eigenvalue weighted by Gasteiger charge is -2.18. The zero-order valence-corrected chi connectivity index (χ0v) is 10.6. The summed E-state index contributed by atoms with van der Waals surface area (Å²) in [5.41, 5.74) is 6.56. The predicted molar refractivity (Wildman–Crippen MR) is 70.8 cm³/mol. The number of rotatable bonds is 5. The molecule has 0 bridgehead atoms.